The maximum Gasteiger partial charge on any atom is 0.181 e. The van der Waals surface area contributed by atoms with Gasteiger partial charge in [-0.2, -0.15) is 0 Å². The van der Waals surface area contributed by atoms with Gasteiger partial charge >= 0.3 is 0 Å². The van der Waals surface area contributed by atoms with Gasteiger partial charge in [0.1, 0.15) is 6.61 Å². The first-order valence-corrected chi connectivity index (χ1v) is 13.4. The predicted molar refractivity (Wildman–Crippen MR) is 146 cm³/mol. The zero-order chi connectivity index (χ0) is 24.6. The Morgan fingerprint density at radius 2 is 1.61 bits per heavy atom. The van der Waals surface area contributed by atoms with Crippen molar-refractivity contribution in [3.63, 3.8) is 0 Å². The number of piperidine rings is 1. The van der Waals surface area contributed by atoms with Crippen LogP contribution in [0.3, 0.4) is 0 Å². The molecule has 1 aliphatic heterocycles. The molecular weight excluding hydrogens is 442 g/mol. The second-order valence-electron chi connectivity index (χ2n) is 10.5. The van der Waals surface area contributed by atoms with Crippen molar-refractivity contribution in [3.05, 3.63) is 113 Å². The molecule has 2 atom stereocenters. The number of carbonyl (C=O) groups is 1. The number of likely N-dealkylation sites (tertiary alicyclic amines) is 1. The average Bonchev–Trinajstić information content (AvgIpc) is 3.69. The van der Waals surface area contributed by atoms with Crippen molar-refractivity contribution in [2.45, 2.75) is 44.8 Å². The number of rotatable bonds is 11. The van der Waals surface area contributed by atoms with Crippen LogP contribution >= 0.6 is 0 Å². The minimum Gasteiger partial charge on any atom is -0.369 e. The Kier molecular flexibility index (Phi) is 8.43. The largest absolute Gasteiger partial charge is 0.369 e. The Hall–Kier alpha value is -3.01. The lowest BCUT2D eigenvalue weighted by molar-refractivity contribution is -0.119. The van der Waals surface area contributed by atoms with Gasteiger partial charge in [-0.3, -0.25) is 9.69 Å². The van der Waals surface area contributed by atoms with Crippen LogP contribution in [0, 0.1) is 11.8 Å². The average molecular weight is 480 g/mol. The minimum atomic E-state index is -0.0106. The van der Waals surface area contributed by atoms with E-state index < -0.39 is 0 Å². The van der Waals surface area contributed by atoms with E-state index in [4.69, 9.17) is 4.74 Å². The number of carbonyl (C=O) groups excluding carboxylic acids is 1. The first kappa shape index (κ1) is 24.7. The summed E-state index contributed by atoms with van der Waals surface area (Å²) in [7, 11) is 0. The molecular formula is C33H37NO2. The summed E-state index contributed by atoms with van der Waals surface area (Å²) in [6, 6.07) is 29.5. The molecule has 0 spiro atoms. The van der Waals surface area contributed by atoms with Gasteiger partial charge in [-0.1, -0.05) is 91.0 Å². The highest BCUT2D eigenvalue weighted by Gasteiger charge is 2.39. The molecule has 0 radical (unpaired) electrons. The Balaban J connectivity index is 1.02. The van der Waals surface area contributed by atoms with Gasteiger partial charge < -0.3 is 4.74 Å². The summed E-state index contributed by atoms with van der Waals surface area (Å²) >= 11 is 0. The summed E-state index contributed by atoms with van der Waals surface area (Å²) in [5.74, 6) is 2.58. The van der Waals surface area contributed by atoms with Gasteiger partial charge in [-0.15, -0.1) is 0 Å². The first-order valence-electron chi connectivity index (χ1n) is 13.4. The van der Waals surface area contributed by atoms with Gasteiger partial charge in [0.05, 0.1) is 6.61 Å². The molecule has 1 saturated carbocycles. The van der Waals surface area contributed by atoms with E-state index in [1.54, 1.807) is 6.08 Å². The van der Waals surface area contributed by atoms with Crippen LogP contribution in [0.25, 0.3) is 6.08 Å². The predicted octanol–water partition coefficient (Wildman–Crippen LogP) is 6.89. The Morgan fingerprint density at radius 1 is 0.889 bits per heavy atom. The summed E-state index contributed by atoms with van der Waals surface area (Å²) < 4.78 is 5.55. The van der Waals surface area contributed by atoms with Gasteiger partial charge in [0.15, 0.2) is 5.78 Å². The van der Waals surface area contributed by atoms with Crippen molar-refractivity contribution >= 4 is 11.9 Å². The molecule has 1 saturated heterocycles. The number of hydrogen-bond acceptors (Lipinski definition) is 3. The number of ether oxygens (including phenoxy) is 1. The van der Waals surface area contributed by atoms with Crippen LogP contribution in [0.1, 0.15) is 53.9 Å². The first-order chi connectivity index (χ1) is 17.7. The fraction of sp³-hybridized carbons (Fsp3) is 0.364. The third kappa shape index (κ3) is 7.25. The zero-order valence-corrected chi connectivity index (χ0v) is 21.1. The van der Waals surface area contributed by atoms with Crippen molar-refractivity contribution < 1.29 is 9.53 Å². The van der Waals surface area contributed by atoms with Crippen LogP contribution in [0.15, 0.2) is 91.0 Å². The summed E-state index contributed by atoms with van der Waals surface area (Å²) in [5, 5.41) is 0. The molecule has 2 aliphatic rings. The fourth-order valence-electron chi connectivity index (χ4n) is 5.56. The SMILES string of the molecule is O=C(/C=C/c1cccc(CN2CCC(C[C@@H]3C[C@H]3c3ccccc3)CC2)c1)COCc1ccccc1. The molecule has 3 aromatic rings. The van der Waals surface area contributed by atoms with Gasteiger partial charge in [0.25, 0.3) is 0 Å². The van der Waals surface area contributed by atoms with Crippen LogP contribution < -0.4 is 0 Å². The quantitative estimate of drug-likeness (QED) is 0.280. The lowest BCUT2D eigenvalue weighted by atomic mass is 9.90. The van der Waals surface area contributed by atoms with E-state index in [0.29, 0.717) is 6.61 Å². The highest BCUT2D eigenvalue weighted by atomic mass is 16.5. The van der Waals surface area contributed by atoms with Crippen molar-refractivity contribution in [1.29, 1.82) is 0 Å². The lowest BCUT2D eigenvalue weighted by Gasteiger charge is -2.32. The Bertz CT molecular complexity index is 1130. The highest BCUT2D eigenvalue weighted by Crippen LogP contribution is 2.51. The van der Waals surface area contributed by atoms with Crippen LogP contribution in [0.4, 0.5) is 0 Å². The van der Waals surface area contributed by atoms with Crippen molar-refractivity contribution in [2.24, 2.45) is 11.8 Å². The maximum absolute atomic E-state index is 12.2. The number of benzene rings is 3. The summed E-state index contributed by atoms with van der Waals surface area (Å²) in [6.07, 6.45) is 8.95. The second-order valence-corrected chi connectivity index (χ2v) is 10.5. The lowest BCUT2D eigenvalue weighted by Crippen LogP contribution is -2.33. The standard InChI is InChI=1S/C33H37NO2/c35-32(25-36-24-28-8-3-1-4-9-28)15-14-26-10-7-11-29(20-26)23-34-18-16-27(17-19-34)21-31-22-33(31)30-12-5-2-6-13-30/h1-15,20,27,31,33H,16-19,21-25H2/b15-14+/t31-,33+/m1/s1. The van der Waals surface area contributed by atoms with Crippen LogP contribution in [0.5, 0.6) is 0 Å². The normalized spacial score (nSPS) is 20.6. The molecule has 0 N–H and O–H groups in total. The Morgan fingerprint density at radius 3 is 2.39 bits per heavy atom. The molecule has 3 heteroatoms. The van der Waals surface area contributed by atoms with E-state index in [0.717, 1.165) is 35.4 Å². The molecule has 5 rings (SSSR count). The molecule has 1 aliphatic carbocycles. The van der Waals surface area contributed by atoms with Gasteiger partial charge in [-0.05, 0) is 84.9 Å². The molecule has 1 heterocycles. The summed E-state index contributed by atoms with van der Waals surface area (Å²) in [6.45, 7) is 3.92. The molecule has 36 heavy (non-hydrogen) atoms. The summed E-state index contributed by atoms with van der Waals surface area (Å²) in [5.41, 5.74) is 5.00. The zero-order valence-electron chi connectivity index (χ0n) is 21.1. The van der Waals surface area contributed by atoms with Crippen molar-refractivity contribution in [1.82, 2.24) is 4.90 Å². The van der Waals surface area contributed by atoms with Crippen LogP contribution in [0.2, 0.25) is 0 Å². The van der Waals surface area contributed by atoms with E-state index in [2.05, 4.69) is 59.5 Å². The number of hydrogen-bond donors (Lipinski definition) is 0. The van der Waals surface area contributed by atoms with Gasteiger partial charge in [0, 0.05) is 6.54 Å². The monoisotopic (exact) mass is 479 g/mol. The fourth-order valence-corrected chi connectivity index (χ4v) is 5.56. The molecule has 186 valence electrons. The molecule has 0 bridgehead atoms. The molecule has 0 amide bonds. The maximum atomic E-state index is 12.2. The Labute approximate surface area is 215 Å². The second kappa shape index (κ2) is 12.3. The van der Waals surface area contributed by atoms with E-state index >= 15 is 0 Å². The van der Waals surface area contributed by atoms with E-state index in [-0.39, 0.29) is 12.4 Å². The van der Waals surface area contributed by atoms with Gasteiger partial charge in [0.2, 0.25) is 0 Å². The van der Waals surface area contributed by atoms with E-state index in [9.17, 15) is 4.79 Å². The third-order valence-electron chi connectivity index (χ3n) is 7.67. The van der Waals surface area contributed by atoms with Crippen molar-refractivity contribution in [2.75, 3.05) is 19.7 Å². The molecule has 0 unspecified atom stereocenters. The van der Waals surface area contributed by atoms with Gasteiger partial charge in [-0.25, -0.2) is 0 Å². The molecule has 3 aromatic carbocycles. The number of nitrogens with zero attached hydrogens (tertiary/aromatic N) is 1. The third-order valence-corrected chi connectivity index (χ3v) is 7.67. The van der Waals surface area contributed by atoms with E-state index in [1.165, 1.54) is 49.9 Å². The molecule has 2 fully saturated rings. The van der Waals surface area contributed by atoms with Crippen molar-refractivity contribution in [3.8, 4) is 0 Å². The topological polar surface area (TPSA) is 29.5 Å². The number of ketones is 1. The smallest absolute Gasteiger partial charge is 0.181 e. The molecule has 3 nitrogen and oxygen atoms in total. The minimum absolute atomic E-state index is 0.0106. The van der Waals surface area contributed by atoms with Crippen LogP contribution in [-0.2, 0) is 22.7 Å². The van der Waals surface area contributed by atoms with E-state index in [1.807, 2.05) is 36.4 Å². The highest BCUT2D eigenvalue weighted by molar-refractivity contribution is 5.94. The van der Waals surface area contributed by atoms with Crippen LogP contribution in [-0.4, -0.2) is 30.4 Å². The summed E-state index contributed by atoms with van der Waals surface area (Å²) in [4.78, 5) is 14.8. The molecule has 0 aromatic heterocycles.